The molecule has 0 spiro atoms. The highest BCUT2D eigenvalue weighted by Crippen LogP contribution is 2.21. The number of aromatic nitrogens is 4. The van der Waals surface area contributed by atoms with Crippen molar-refractivity contribution >= 4 is 16.9 Å². The Morgan fingerprint density at radius 1 is 1.07 bits per heavy atom. The summed E-state index contributed by atoms with van der Waals surface area (Å²) in [4.78, 5) is 20.9. The number of nitrogens with zero attached hydrogens (tertiary/aromatic N) is 4. The zero-order valence-corrected chi connectivity index (χ0v) is 15.4. The van der Waals surface area contributed by atoms with Gasteiger partial charge in [-0.2, -0.15) is 0 Å². The number of rotatable bonds is 5. The SMILES string of the molecule is Cn1c(NCCc2cn(C)c3ccccc23)nc(-c2ccncc2)cc1=O. The number of aryl methyl sites for hydroxylation is 1. The van der Waals surface area contributed by atoms with Gasteiger partial charge in [-0.05, 0) is 30.2 Å². The summed E-state index contributed by atoms with van der Waals surface area (Å²) in [7, 11) is 3.79. The minimum atomic E-state index is -0.0931. The van der Waals surface area contributed by atoms with Crippen LogP contribution in [0, 0.1) is 0 Å². The van der Waals surface area contributed by atoms with Crippen LogP contribution in [0.5, 0.6) is 0 Å². The lowest BCUT2D eigenvalue weighted by molar-refractivity contribution is 0.819. The quantitative estimate of drug-likeness (QED) is 0.595. The average Bonchev–Trinajstić information content (AvgIpc) is 3.02. The minimum absolute atomic E-state index is 0.0931. The Hall–Kier alpha value is -3.41. The molecule has 136 valence electrons. The number of benzene rings is 1. The number of para-hydroxylation sites is 1. The van der Waals surface area contributed by atoms with E-state index in [4.69, 9.17) is 0 Å². The number of hydrogen-bond acceptors (Lipinski definition) is 4. The normalized spacial score (nSPS) is 11.0. The summed E-state index contributed by atoms with van der Waals surface area (Å²) in [6.07, 6.45) is 6.40. The van der Waals surface area contributed by atoms with Gasteiger partial charge in [0.15, 0.2) is 0 Å². The van der Waals surface area contributed by atoms with E-state index in [-0.39, 0.29) is 5.56 Å². The number of fused-ring (bicyclic) bond motifs is 1. The molecule has 27 heavy (non-hydrogen) atoms. The Balaban J connectivity index is 1.56. The molecule has 0 aliphatic rings. The second-order valence-corrected chi connectivity index (χ2v) is 6.56. The van der Waals surface area contributed by atoms with E-state index in [9.17, 15) is 4.79 Å². The van der Waals surface area contributed by atoms with Gasteiger partial charge in [-0.1, -0.05) is 18.2 Å². The van der Waals surface area contributed by atoms with Crippen molar-refractivity contribution in [2.75, 3.05) is 11.9 Å². The van der Waals surface area contributed by atoms with E-state index in [1.807, 2.05) is 12.1 Å². The fourth-order valence-electron chi connectivity index (χ4n) is 3.30. The number of pyridine rings is 1. The molecule has 0 aliphatic carbocycles. The fraction of sp³-hybridized carbons (Fsp3) is 0.190. The predicted octanol–water partition coefficient (Wildman–Crippen LogP) is 2.99. The fourth-order valence-corrected chi connectivity index (χ4v) is 3.30. The lowest BCUT2D eigenvalue weighted by Crippen LogP contribution is -2.22. The molecule has 0 unspecified atom stereocenters. The summed E-state index contributed by atoms with van der Waals surface area (Å²) in [6, 6.07) is 13.6. The lowest BCUT2D eigenvalue weighted by atomic mass is 10.1. The topological polar surface area (TPSA) is 64.7 Å². The maximum absolute atomic E-state index is 12.3. The van der Waals surface area contributed by atoms with Gasteiger partial charge in [-0.15, -0.1) is 0 Å². The van der Waals surface area contributed by atoms with Gasteiger partial charge in [0, 0.05) is 61.8 Å². The highest BCUT2D eigenvalue weighted by Gasteiger charge is 2.09. The van der Waals surface area contributed by atoms with Crippen molar-refractivity contribution in [2.45, 2.75) is 6.42 Å². The van der Waals surface area contributed by atoms with E-state index in [0.29, 0.717) is 18.2 Å². The van der Waals surface area contributed by atoms with Crippen LogP contribution in [0.1, 0.15) is 5.56 Å². The molecule has 0 radical (unpaired) electrons. The smallest absolute Gasteiger partial charge is 0.255 e. The standard InChI is InChI=1S/C21H21N5O/c1-25-14-16(17-5-3-4-6-19(17)25)9-12-23-21-24-18(13-20(27)26(21)2)15-7-10-22-11-8-15/h3-8,10-11,13-14H,9,12H2,1-2H3,(H,23,24). The molecule has 3 aromatic heterocycles. The molecule has 0 fully saturated rings. The maximum Gasteiger partial charge on any atom is 0.255 e. The van der Waals surface area contributed by atoms with E-state index in [1.165, 1.54) is 21.0 Å². The van der Waals surface area contributed by atoms with Gasteiger partial charge in [0.1, 0.15) is 0 Å². The van der Waals surface area contributed by atoms with Crippen molar-refractivity contribution in [3.05, 3.63) is 77.0 Å². The van der Waals surface area contributed by atoms with Gasteiger partial charge in [-0.25, -0.2) is 4.98 Å². The molecule has 0 saturated carbocycles. The summed E-state index contributed by atoms with van der Waals surface area (Å²) in [5, 5.41) is 4.57. The van der Waals surface area contributed by atoms with Crippen molar-refractivity contribution in [3.8, 4) is 11.3 Å². The Bertz CT molecular complexity index is 1140. The average molecular weight is 359 g/mol. The molecule has 4 aromatic rings. The highest BCUT2D eigenvalue weighted by atomic mass is 16.1. The number of nitrogens with one attached hydrogen (secondary N) is 1. The summed E-state index contributed by atoms with van der Waals surface area (Å²) in [5.74, 6) is 0.564. The Labute approximate surface area is 157 Å². The molecule has 6 heteroatoms. The summed E-state index contributed by atoms with van der Waals surface area (Å²) in [6.45, 7) is 0.689. The largest absolute Gasteiger partial charge is 0.355 e. The minimum Gasteiger partial charge on any atom is -0.355 e. The molecule has 1 N–H and O–H groups in total. The molecule has 0 bridgehead atoms. The van der Waals surface area contributed by atoms with Crippen molar-refractivity contribution in [1.29, 1.82) is 0 Å². The maximum atomic E-state index is 12.3. The van der Waals surface area contributed by atoms with Gasteiger partial charge < -0.3 is 9.88 Å². The monoisotopic (exact) mass is 359 g/mol. The van der Waals surface area contributed by atoms with Gasteiger partial charge >= 0.3 is 0 Å². The van der Waals surface area contributed by atoms with E-state index < -0.39 is 0 Å². The third-order valence-corrected chi connectivity index (χ3v) is 4.77. The first-order valence-electron chi connectivity index (χ1n) is 8.89. The second kappa shape index (κ2) is 7.07. The van der Waals surface area contributed by atoms with Gasteiger partial charge in [0.05, 0.1) is 5.69 Å². The van der Waals surface area contributed by atoms with Crippen molar-refractivity contribution in [2.24, 2.45) is 14.1 Å². The first-order valence-corrected chi connectivity index (χ1v) is 8.89. The number of anilines is 1. The third kappa shape index (κ3) is 3.33. The van der Waals surface area contributed by atoms with Crippen molar-refractivity contribution < 1.29 is 0 Å². The van der Waals surface area contributed by atoms with Crippen LogP contribution in [0.3, 0.4) is 0 Å². The zero-order chi connectivity index (χ0) is 18.8. The van der Waals surface area contributed by atoms with Gasteiger partial charge in [-0.3, -0.25) is 14.3 Å². The van der Waals surface area contributed by atoms with Crippen LogP contribution >= 0.6 is 0 Å². The van der Waals surface area contributed by atoms with E-state index in [2.05, 4.69) is 57.4 Å². The lowest BCUT2D eigenvalue weighted by Gasteiger charge is -2.11. The van der Waals surface area contributed by atoms with Gasteiger partial charge in [0.2, 0.25) is 5.95 Å². The highest BCUT2D eigenvalue weighted by molar-refractivity contribution is 5.83. The third-order valence-electron chi connectivity index (χ3n) is 4.77. The first-order chi connectivity index (χ1) is 13.1. The predicted molar refractivity (Wildman–Crippen MR) is 108 cm³/mol. The van der Waals surface area contributed by atoms with Crippen LogP contribution in [0.4, 0.5) is 5.95 Å². The Morgan fingerprint density at radius 2 is 1.85 bits per heavy atom. The first kappa shape index (κ1) is 17.0. The molecule has 0 saturated heterocycles. The molecule has 4 rings (SSSR count). The Morgan fingerprint density at radius 3 is 2.67 bits per heavy atom. The van der Waals surface area contributed by atoms with Crippen LogP contribution in [-0.2, 0) is 20.5 Å². The van der Waals surface area contributed by atoms with E-state index >= 15 is 0 Å². The molecule has 0 amide bonds. The summed E-state index contributed by atoms with van der Waals surface area (Å²) >= 11 is 0. The van der Waals surface area contributed by atoms with Crippen molar-refractivity contribution in [3.63, 3.8) is 0 Å². The molecule has 6 nitrogen and oxygen atoms in total. The molecular formula is C21H21N5O. The zero-order valence-electron chi connectivity index (χ0n) is 15.4. The van der Waals surface area contributed by atoms with Crippen LogP contribution in [0.15, 0.2) is 65.8 Å². The molecule has 0 atom stereocenters. The van der Waals surface area contributed by atoms with Gasteiger partial charge in [0.25, 0.3) is 5.56 Å². The Kier molecular flexibility index (Phi) is 4.46. The molecule has 3 heterocycles. The molecule has 1 aromatic carbocycles. The van der Waals surface area contributed by atoms with E-state index in [1.54, 1.807) is 25.5 Å². The van der Waals surface area contributed by atoms with E-state index in [0.717, 1.165) is 12.0 Å². The second-order valence-electron chi connectivity index (χ2n) is 6.56. The van der Waals surface area contributed by atoms with Crippen LogP contribution in [0.2, 0.25) is 0 Å². The van der Waals surface area contributed by atoms with Crippen molar-refractivity contribution in [1.82, 2.24) is 19.1 Å². The van der Waals surface area contributed by atoms with Crippen LogP contribution < -0.4 is 10.9 Å². The number of hydrogen-bond donors (Lipinski definition) is 1. The van der Waals surface area contributed by atoms with Crippen LogP contribution in [0.25, 0.3) is 22.2 Å². The summed E-state index contributed by atoms with van der Waals surface area (Å²) < 4.78 is 3.68. The summed E-state index contributed by atoms with van der Waals surface area (Å²) in [5.41, 5.74) is 3.92. The molecule has 0 aliphatic heterocycles. The molecular weight excluding hydrogens is 338 g/mol. The van der Waals surface area contributed by atoms with Crippen LogP contribution in [-0.4, -0.2) is 25.6 Å².